The lowest BCUT2D eigenvalue weighted by atomic mass is 9.82. The number of alkyl halides is 2. The van der Waals surface area contributed by atoms with E-state index >= 15 is 0 Å². The minimum atomic E-state index is -0.233. The van der Waals surface area contributed by atoms with Crippen LogP contribution in [0.3, 0.4) is 0 Å². The molecule has 1 aromatic rings. The van der Waals surface area contributed by atoms with Crippen molar-refractivity contribution in [2.24, 2.45) is 0 Å². The zero-order valence-corrected chi connectivity index (χ0v) is 14.3. The fourth-order valence-electron chi connectivity index (χ4n) is 2.51. The average molecular weight is 389 g/mol. The molecule has 1 amide bonds. The highest BCUT2D eigenvalue weighted by Gasteiger charge is 2.31. The fraction of sp³-hybridized carbons (Fsp3) is 0.533. The lowest BCUT2D eigenvalue weighted by molar-refractivity contribution is -0.124. The lowest BCUT2D eigenvalue weighted by Gasteiger charge is -2.31. The molecule has 0 fully saturated rings. The van der Waals surface area contributed by atoms with Crippen LogP contribution in [0, 0.1) is 0 Å². The van der Waals surface area contributed by atoms with Gasteiger partial charge in [-0.05, 0) is 37.3 Å². The molecule has 0 bridgehead atoms. The van der Waals surface area contributed by atoms with Crippen LogP contribution in [0.25, 0.3) is 0 Å². The van der Waals surface area contributed by atoms with E-state index in [0.29, 0.717) is 0 Å². The van der Waals surface area contributed by atoms with Crippen LogP contribution in [0.2, 0.25) is 0 Å². The van der Waals surface area contributed by atoms with Crippen molar-refractivity contribution in [2.45, 2.75) is 37.6 Å². The second-order valence-corrected chi connectivity index (χ2v) is 6.58. The van der Waals surface area contributed by atoms with Crippen LogP contribution in [-0.4, -0.2) is 22.1 Å². The number of halogens is 2. The quantitative estimate of drug-likeness (QED) is 0.781. The van der Waals surface area contributed by atoms with Crippen LogP contribution in [-0.2, 0) is 11.2 Å². The summed E-state index contributed by atoms with van der Waals surface area (Å²) in [6, 6.07) is 8.32. The van der Waals surface area contributed by atoms with Crippen molar-refractivity contribution in [3.63, 3.8) is 0 Å². The van der Waals surface area contributed by atoms with Gasteiger partial charge >= 0.3 is 0 Å². The van der Waals surface area contributed by atoms with Crippen molar-refractivity contribution in [3.8, 4) is 0 Å². The molecule has 1 aromatic carbocycles. The predicted molar refractivity (Wildman–Crippen MR) is 86.3 cm³/mol. The number of benzene rings is 1. The summed E-state index contributed by atoms with van der Waals surface area (Å²) in [4.78, 5) is 12.5. The van der Waals surface area contributed by atoms with Crippen LogP contribution in [0.4, 0.5) is 0 Å². The summed E-state index contributed by atoms with van der Waals surface area (Å²) in [5.74, 6) is 0.149. The normalized spacial score (nSPS) is 18.8. The Hall–Kier alpha value is -0.350. The molecule has 104 valence electrons. The van der Waals surface area contributed by atoms with Gasteiger partial charge in [-0.1, -0.05) is 56.1 Å². The SMILES string of the molecule is CC(CBr)(CBr)NC(=O)C1CCCc2ccccc21. The Bertz CT molecular complexity index is 457. The molecule has 4 heteroatoms. The highest BCUT2D eigenvalue weighted by atomic mass is 79.9. The van der Waals surface area contributed by atoms with Gasteiger partial charge in [0.25, 0.3) is 0 Å². The smallest absolute Gasteiger partial charge is 0.228 e. The van der Waals surface area contributed by atoms with E-state index in [9.17, 15) is 4.79 Å². The number of carbonyl (C=O) groups excluding carboxylic acids is 1. The van der Waals surface area contributed by atoms with Crippen LogP contribution in [0.5, 0.6) is 0 Å². The molecule has 0 radical (unpaired) electrons. The van der Waals surface area contributed by atoms with E-state index in [1.807, 2.05) is 13.0 Å². The lowest BCUT2D eigenvalue weighted by Crippen LogP contribution is -2.50. The van der Waals surface area contributed by atoms with Crippen LogP contribution < -0.4 is 5.32 Å². The van der Waals surface area contributed by atoms with E-state index in [2.05, 4.69) is 55.4 Å². The highest BCUT2D eigenvalue weighted by molar-refractivity contribution is 9.09. The Labute approximate surface area is 131 Å². The molecule has 2 rings (SSSR count). The summed E-state index contributed by atoms with van der Waals surface area (Å²) >= 11 is 6.94. The number of carbonyl (C=O) groups is 1. The van der Waals surface area contributed by atoms with Gasteiger partial charge in [0.15, 0.2) is 0 Å². The molecule has 0 saturated heterocycles. The van der Waals surface area contributed by atoms with Gasteiger partial charge in [-0.25, -0.2) is 0 Å². The second kappa shape index (κ2) is 6.40. The zero-order chi connectivity index (χ0) is 13.9. The fourth-order valence-corrected chi connectivity index (χ4v) is 3.72. The van der Waals surface area contributed by atoms with Crippen LogP contribution in [0.1, 0.15) is 36.8 Å². The zero-order valence-electron chi connectivity index (χ0n) is 11.1. The maximum absolute atomic E-state index is 12.5. The second-order valence-electron chi connectivity index (χ2n) is 5.46. The van der Waals surface area contributed by atoms with Gasteiger partial charge in [-0.15, -0.1) is 0 Å². The first-order valence-electron chi connectivity index (χ1n) is 6.61. The maximum Gasteiger partial charge on any atom is 0.228 e. The van der Waals surface area contributed by atoms with Crippen molar-refractivity contribution >= 4 is 37.8 Å². The van der Waals surface area contributed by atoms with E-state index < -0.39 is 0 Å². The van der Waals surface area contributed by atoms with Crippen molar-refractivity contribution in [2.75, 3.05) is 10.7 Å². The number of amides is 1. The number of hydrogen-bond donors (Lipinski definition) is 1. The minimum Gasteiger partial charge on any atom is -0.349 e. The molecule has 0 saturated carbocycles. The van der Waals surface area contributed by atoms with Crippen molar-refractivity contribution < 1.29 is 4.79 Å². The van der Waals surface area contributed by atoms with Crippen LogP contribution >= 0.6 is 31.9 Å². The molecule has 1 aliphatic rings. The molecule has 19 heavy (non-hydrogen) atoms. The largest absolute Gasteiger partial charge is 0.349 e. The summed E-state index contributed by atoms with van der Waals surface area (Å²) in [7, 11) is 0. The summed E-state index contributed by atoms with van der Waals surface area (Å²) in [6.07, 6.45) is 3.13. The van der Waals surface area contributed by atoms with Gasteiger partial charge in [0.05, 0.1) is 11.5 Å². The monoisotopic (exact) mass is 387 g/mol. The summed E-state index contributed by atoms with van der Waals surface area (Å²) in [6.45, 7) is 2.04. The molecule has 0 heterocycles. The average Bonchev–Trinajstić information content (AvgIpc) is 2.46. The topological polar surface area (TPSA) is 29.1 Å². The third-order valence-electron chi connectivity index (χ3n) is 3.70. The number of rotatable bonds is 4. The summed E-state index contributed by atoms with van der Waals surface area (Å²) in [5, 5.41) is 4.65. The number of aryl methyl sites for hydroxylation is 1. The van der Waals surface area contributed by atoms with Crippen molar-refractivity contribution in [3.05, 3.63) is 35.4 Å². The van der Waals surface area contributed by atoms with Gasteiger partial charge in [0.2, 0.25) is 5.91 Å². The molecule has 0 aromatic heterocycles. The third kappa shape index (κ3) is 3.40. The minimum absolute atomic E-state index is 0.00220. The Balaban J connectivity index is 2.17. The molecular weight excluding hydrogens is 370 g/mol. The van der Waals surface area contributed by atoms with Crippen LogP contribution in [0.15, 0.2) is 24.3 Å². The molecule has 2 nitrogen and oxygen atoms in total. The van der Waals surface area contributed by atoms with Gasteiger partial charge in [0, 0.05) is 10.7 Å². The molecule has 0 spiro atoms. The maximum atomic E-state index is 12.5. The third-order valence-corrected chi connectivity index (χ3v) is 6.18. The Kier molecular flexibility index (Phi) is 5.07. The van der Waals surface area contributed by atoms with E-state index in [1.54, 1.807) is 0 Å². The molecule has 1 aliphatic carbocycles. The molecule has 1 unspecified atom stereocenters. The van der Waals surface area contributed by atoms with Gasteiger partial charge in [-0.3, -0.25) is 4.79 Å². The Morgan fingerprint density at radius 2 is 2.05 bits per heavy atom. The molecule has 1 atom stereocenters. The van der Waals surface area contributed by atoms with Gasteiger partial charge in [0.1, 0.15) is 0 Å². The molecular formula is C15H19Br2NO. The number of fused-ring (bicyclic) bond motifs is 1. The van der Waals surface area contributed by atoms with E-state index in [0.717, 1.165) is 29.9 Å². The van der Waals surface area contributed by atoms with E-state index in [1.165, 1.54) is 11.1 Å². The van der Waals surface area contributed by atoms with Crippen molar-refractivity contribution in [1.29, 1.82) is 0 Å². The highest BCUT2D eigenvalue weighted by Crippen LogP contribution is 2.32. The summed E-state index contributed by atoms with van der Waals surface area (Å²) < 4.78 is 0. The van der Waals surface area contributed by atoms with E-state index in [4.69, 9.17) is 0 Å². The predicted octanol–water partition coefficient (Wildman–Crippen LogP) is 3.77. The van der Waals surface area contributed by atoms with Crippen molar-refractivity contribution in [1.82, 2.24) is 5.32 Å². The van der Waals surface area contributed by atoms with E-state index in [-0.39, 0.29) is 17.4 Å². The number of nitrogens with one attached hydrogen (secondary N) is 1. The Morgan fingerprint density at radius 3 is 2.74 bits per heavy atom. The van der Waals surface area contributed by atoms with Gasteiger partial charge < -0.3 is 5.32 Å². The summed E-state index contributed by atoms with van der Waals surface area (Å²) in [5.41, 5.74) is 2.30. The first-order valence-corrected chi connectivity index (χ1v) is 8.86. The standard InChI is InChI=1S/C15H19Br2NO/c1-15(9-16,10-17)18-14(19)13-8-4-6-11-5-2-3-7-12(11)13/h2-3,5,7,13H,4,6,8-10H2,1H3,(H,18,19). The number of hydrogen-bond acceptors (Lipinski definition) is 1. The molecule has 0 aliphatic heterocycles. The first-order chi connectivity index (χ1) is 9.09. The molecule has 1 N–H and O–H groups in total. The van der Waals surface area contributed by atoms with Gasteiger partial charge in [-0.2, -0.15) is 0 Å². The Morgan fingerprint density at radius 1 is 1.37 bits per heavy atom. The first kappa shape index (κ1) is 15.0.